The van der Waals surface area contributed by atoms with Gasteiger partial charge in [-0.2, -0.15) is 0 Å². The molecule has 0 aliphatic rings. The molecule has 0 saturated heterocycles. The van der Waals surface area contributed by atoms with E-state index < -0.39 is 0 Å². The van der Waals surface area contributed by atoms with Gasteiger partial charge in [-0.1, -0.05) is 0 Å². The fraction of sp³-hybridized carbons (Fsp3) is 0.500. The minimum absolute atomic E-state index is 0.691. The van der Waals surface area contributed by atoms with Crippen molar-refractivity contribution >= 4 is 0 Å². The van der Waals surface area contributed by atoms with Crippen molar-refractivity contribution in [1.82, 2.24) is 0 Å². The SMILES string of the molecule is COCCOC.c1ccoc1. The third-order valence-electron chi connectivity index (χ3n) is 0.917. The predicted octanol–water partition coefficient (Wildman–Crippen LogP) is 1.56. The lowest BCUT2D eigenvalue weighted by Gasteiger charge is -1.91. The first-order valence-electron chi connectivity index (χ1n) is 3.37. The lowest BCUT2D eigenvalue weighted by molar-refractivity contribution is 0.103. The van der Waals surface area contributed by atoms with Crippen molar-refractivity contribution in [2.75, 3.05) is 27.4 Å². The van der Waals surface area contributed by atoms with E-state index in [1.807, 2.05) is 12.1 Å². The first-order chi connectivity index (χ1) is 5.41. The quantitative estimate of drug-likeness (QED) is 0.625. The summed E-state index contributed by atoms with van der Waals surface area (Å²) in [5.74, 6) is 0. The van der Waals surface area contributed by atoms with E-state index in [4.69, 9.17) is 0 Å². The van der Waals surface area contributed by atoms with E-state index in [1.54, 1.807) is 26.7 Å². The van der Waals surface area contributed by atoms with Crippen LogP contribution in [0.2, 0.25) is 0 Å². The molecular weight excluding hydrogens is 144 g/mol. The van der Waals surface area contributed by atoms with E-state index in [1.165, 1.54) is 0 Å². The molecule has 1 rings (SSSR count). The highest BCUT2D eigenvalue weighted by Gasteiger charge is 1.73. The van der Waals surface area contributed by atoms with Gasteiger partial charge in [-0.15, -0.1) is 0 Å². The predicted molar refractivity (Wildman–Crippen MR) is 42.5 cm³/mol. The van der Waals surface area contributed by atoms with Crippen LogP contribution in [0.4, 0.5) is 0 Å². The van der Waals surface area contributed by atoms with Crippen LogP contribution in [-0.2, 0) is 9.47 Å². The molecule has 1 aromatic rings. The van der Waals surface area contributed by atoms with E-state index >= 15 is 0 Å². The molecule has 0 aromatic carbocycles. The Morgan fingerprint density at radius 2 is 1.45 bits per heavy atom. The number of furan rings is 1. The van der Waals surface area contributed by atoms with Gasteiger partial charge in [0.05, 0.1) is 25.7 Å². The molecule has 0 saturated carbocycles. The van der Waals surface area contributed by atoms with Crippen molar-refractivity contribution in [2.45, 2.75) is 0 Å². The summed E-state index contributed by atoms with van der Waals surface area (Å²) in [6.45, 7) is 1.38. The molecule has 11 heavy (non-hydrogen) atoms. The lowest BCUT2D eigenvalue weighted by Crippen LogP contribution is -1.96. The van der Waals surface area contributed by atoms with Crippen molar-refractivity contribution < 1.29 is 13.9 Å². The number of hydrogen-bond donors (Lipinski definition) is 0. The van der Waals surface area contributed by atoms with Crippen LogP contribution in [0.5, 0.6) is 0 Å². The Morgan fingerprint density at radius 1 is 1.00 bits per heavy atom. The minimum Gasteiger partial charge on any atom is -0.473 e. The molecular formula is C8H14O3. The smallest absolute Gasteiger partial charge is 0.0902 e. The maximum absolute atomic E-state index is 4.66. The van der Waals surface area contributed by atoms with Crippen molar-refractivity contribution in [2.24, 2.45) is 0 Å². The van der Waals surface area contributed by atoms with Crippen molar-refractivity contribution in [3.63, 3.8) is 0 Å². The van der Waals surface area contributed by atoms with Crippen molar-refractivity contribution in [1.29, 1.82) is 0 Å². The van der Waals surface area contributed by atoms with Crippen LogP contribution in [0.1, 0.15) is 0 Å². The van der Waals surface area contributed by atoms with Gasteiger partial charge in [-0.05, 0) is 12.1 Å². The first-order valence-corrected chi connectivity index (χ1v) is 3.37. The maximum Gasteiger partial charge on any atom is 0.0902 e. The molecule has 64 valence electrons. The van der Waals surface area contributed by atoms with Gasteiger partial charge in [-0.25, -0.2) is 0 Å². The summed E-state index contributed by atoms with van der Waals surface area (Å²) in [6, 6.07) is 3.67. The van der Waals surface area contributed by atoms with Crippen molar-refractivity contribution in [3.8, 4) is 0 Å². The second kappa shape index (κ2) is 9.20. The monoisotopic (exact) mass is 158 g/mol. The summed E-state index contributed by atoms with van der Waals surface area (Å²) < 4.78 is 13.9. The fourth-order valence-electron chi connectivity index (χ4n) is 0.393. The van der Waals surface area contributed by atoms with Gasteiger partial charge in [0.15, 0.2) is 0 Å². The zero-order valence-electron chi connectivity index (χ0n) is 6.95. The van der Waals surface area contributed by atoms with Crippen molar-refractivity contribution in [3.05, 3.63) is 24.7 Å². The van der Waals surface area contributed by atoms with E-state index in [9.17, 15) is 0 Å². The molecule has 0 aliphatic carbocycles. The number of ether oxygens (including phenoxy) is 2. The average molecular weight is 158 g/mol. The molecule has 0 fully saturated rings. The Kier molecular flexibility index (Phi) is 8.53. The van der Waals surface area contributed by atoms with Gasteiger partial charge in [0.25, 0.3) is 0 Å². The summed E-state index contributed by atoms with van der Waals surface area (Å²) >= 11 is 0. The van der Waals surface area contributed by atoms with Gasteiger partial charge in [0, 0.05) is 14.2 Å². The molecule has 0 radical (unpaired) electrons. The Hall–Kier alpha value is -0.800. The molecule has 3 heteroatoms. The highest BCUT2D eigenvalue weighted by Crippen LogP contribution is 1.79. The molecule has 0 N–H and O–H groups in total. The van der Waals surface area contributed by atoms with Crippen LogP contribution in [0.25, 0.3) is 0 Å². The molecule has 3 nitrogen and oxygen atoms in total. The van der Waals surface area contributed by atoms with Gasteiger partial charge < -0.3 is 13.9 Å². The van der Waals surface area contributed by atoms with Gasteiger partial charge >= 0.3 is 0 Å². The van der Waals surface area contributed by atoms with E-state index in [0.717, 1.165) is 0 Å². The van der Waals surface area contributed by atoms with Crippen LogP contribution in [0.15, 0.2) is 29.1 Å². The number of rotatable bonds is 3. The molecule has 0 bridgehead atoms. The summed E-state index contributed by atoms with van der Waals surface area (Å²) in [4.78, 5) is 0. The Bertz CT molecular complexity index is 105. The Labute approximate surface area is 66.9 Å². The third-order valence-corrected chi connectivity index (χ3v) is 0.917. The molecule has 1 aromatic heterocycles. The van der Waals surface area contributed by atoms with Gasteiger partial charge in [0.1, 0.15) is 0 Å². The minimum atomic E-state index is 0.691. The Balaban J connectivity index is 0.000000183. The second-order valence-electron chi connectivity index (χ2n) is 1.78. The maximum atomic E-state index is 4.66. The van der Waals surface area contributed by atoms with Crippen LogP contribution in [-0.4, -0.2) is 27.4 Å². The molecule has 0 unspecified atom stereocenters. The van der Waals surface area contributed by atoms with E-state index in [2.05, 4.69) is 13.9 Å². The summed E-state index contributed by atoms with van der Waals surface area (Å²) in [7, 11) is 3.30. The average Bonchev–Trinajstić information content (AvgIpc) is 2.57. The second-order valence-corrected chi connectivity index (χ2v) is 1.78. The number of hydrogen-bond acceptors (Lipinski definition) is 3. The van der Waals surface area contributed by atoms with Crippen LogP contribution < -0.4 is 0 Å². The molecule has 1 heterocycles. The molecule has 0 amide bonds. The topological polar surface area (TPSA) is 31.6 Å². The van der Waals surface area contributed by atoms with Gasteiger partial charge in [0.2, 0.25) is 0 Å². The van der Waals surface area contributed by atoms with Crippen LogP contribution in [0.3, 0.4) is 0 Å². The summed E-state index contributed by atoms with van der Waals surface area (Å²) in [5, 5.41) is 0. The summed E-state index contributed by atoms with van der Waals surface area (Å²) in [6.07, 6.45) is 3.25. The van der Waals surface area contributed by atoms with Gasteiger partial charge in [-0.3, -0.25) is 0 Å². The lowest BCUT2D eigenvalue weighted by atomic mass is 10.7. The Morgan fingerprint density at radius 3 is 1.64 bits per heavy atom. The zero-order valence-corrected chi connectivity index (χ0v) is 6.95. The highest BCUT2D eigenvalue weighted by molar-refractivity contribution is 4.79. The largest absolute Gasteiger partial charge is 0.473 e. The fourth-order valence-corrected chi connectivity index (χ4v) is 0.393. The zero-order chi connectivity index (χ0) is 8.36. The summed E-state index contributed by atoms with van der Waals surface area (Å²) in [5.41, 5.74) is 0. The first kappa shape index (κ1) is 10.2. The third kappa shape index (κ3) is 9.20. The number of methoxy groups -OCH3 is 2. The normalized spacial score (nSPS) is 8.55. The molecule has 0 aliphatic heterocycles. The molecule has 0 atom stereocenters. The van der Waals surface area contributed by atoms with E-state index in [0.29, 0.717) is 13.2 Å². The highest BCUT2D eigenvalue weighted by atomic mass is 16.5. The molecule has 0 spiro atoms. The van der Waals surface area contributed by atoms with E-state index in [-0.39, 0.29) is 0 Å². The standard InChI is InChI=1S/C4H10O2.C4H4O/c1-5-3-4-6-2;1-2-4-5-3-1/h3-4H2,1-2H3;1-4H. The van der Waals surface area contributed by atoms with Crippen LogP contribution >= 0.6 is 0 Å². The van der Waals surface area contributed by atoms with Crippen LogP contribution in [0, 0.1) is 0 Å².